The van der Waals surface area contributed by atoms with E-state index in [1.165, 1.54) is 0 Å². The minimum absolute atomic E-state index is 0. The van der Waals surface area contributed by atoms with E-state index in [4.69, 9.17) is 24.1 Å². The summed E-state index contributed by atoms with van der Waals surface area (Å²) in [6, 6.07) is 19.2. The first-order valence-electron chi connectivity index (χ1n) is 8.37. The zero-order valence-electron chi connectivity index (χ0n) is 15.3. The van der Waals surface area contributed by atoms with Crippen molar-refractivity contribution in [3.05, 3.63) is 60.7 Å². The smallest absolute Gasteiger partial charge is 0.119 e. The van der Waals surface area contributed by atoms with E-state index in [1.807, 2.05) is 60.7 Å². The van der Waals surface area contributed by atoms with Crippen molar-refractivity contribution >= 4 is 0 Å². The van der Waals surface area contributed by atoms with Gasteiger partial charge in [-0.15, -0.1) is 0 Å². The Morgan fingerprint density at radius 2 is 1.19 bits per heavy atom. The fourth-order valence-corrected chi connectivity index (χ4v) is 1.82. The molecule has 2 N–H and O–H groups in total. The average molecular weight is 461 g/mol. The molecule has 2 atom stereocenters. The van der Waals surface area contributed by atoms with Crippen molar-refractivity contribution in [2.75, 3.05) is 40.6 Å². The topological polar surface area (TPSA) is 80.7 Å². The summed E-state index contributed by atoms with van der Waals surface area (Å²) in [4.78, 5) is 0. The van der Waals surface area contributed by atoms with Gasteiger partial charge in [-0.1, -0.05) is 81.0 Å². The lowest BCUT2D eigenvalue weighted by Gasteiger charge is -2.10. The summed E-state index contributed by atoms with van der Waals surface area (Å²) in [5.41, 5.74) is 0. The molecule has 0 spiro atoms. The van der Waals surface area contributed by atoms with E-state index in [1.54, 1.807) is 7.11 Å². The molecule has 3 rings (SSSR count). The van der Waals surface area contributed by atoms with E-state index in [2.05, 4.69) is 0 Å². The third kappa shape index (κ3) is 22.6. The van der Waals surface area contributed by atoms with Crippen LogP contribution in [0.15, 0.2) is 60.7 Å². The number of rotatable bonds is 8. The van der Waals surface area contributed by atoms with Gasteiger partial charge < -0.3 is 29.2 Å². The molecule has 1 saturated heterocycles. The first-order chi connectivity index (χ1) is 12.8. The third-order valence-electron chi connectivity index (χ3n) is 3.13. The largest absolute Gasteiger partial charge is 0.491 e. The monoisotopic (exact) mass is 460 g/mol. The van der Waals surface area contributed by atoms with Gasteiger partial charge in [0.25, 0.3) is 0 Å². The predicted molar refractivity (Wildman–Crippen MR) is 140 cm³/mol. The van der Waals surface area contributed by atoms with Crippen LogP contribution in [0.5, 0.6) is 11.5 Å². The average Bonchev–Trinajstić information content (AvgIpc) is 3.53. The molecular formula is C26H52O6. The van der Waals surface area contributed by atoms with Crippen LogP contribution in [0.2, 0.25) is 0 Å². The molecule has 1 aliphatic rings. The van der Waals surface area contributed by atoms with Crippen molar-refractivity contribution < 1.29 is 29.2 Å². The molecule has 2 aromatic carbocycles. The number of epoxide rings is 1. The van der Waals surface area contributed by atoms with Crippen molar-refractivity contribution in [3.63, 3.8) is 0 Å². The van der Waals surface area contributed by atoms with E-state index >= 15 is 0 Å². The van der Waals surface area contributed by atoms with Crippen molar-refractivity contribution in [2.24, 2.45) is 0 Å². The Hall–Kier alpha value is -2.12. The van der Waals surface area contributed by atoms with Gasteiger partial charge in [-0.25, -0.2) is 0 Å². The highest BCUT2D eigenvalue weighted by atomic mass is 16.6. The standard InChI is InChI=1S/C10H14O3.C9H10O2.CH4O.6CH4/c1-12-7-9(11)8-13-10-5-3-2-4-6-10;1-2-4-8(5-3-1)10-6-9-7-11-9;1-2;;;;;;/h2-6,9,11H,7-8H2,1H3;1-5,9H,6-7H2;2H,1H3;6*1H4. The second kappa shape index (κ2) is 28.9. The summed E-state index contributed by atoms with van der Waals surface area (Å²) in [6.45, 7) is 2.10. The lowest BCUT2D eigenvalue weighted by atomic mass is 10.3. The van der Waals surface area contributed by atoms with Gasteiger partial charge in [0, 0.05) is 14.2 Å². The van der Waals surface area contributed by atoms with E-state index in [0.717, 1.165) is 25.2 Å². The minimum Gasteiger partial charge on any atom is -0.491 e. The van der Waals surface area contributed by atoms with E-state index in [0.29, 0.717) is 19.3 Å². The second-order valence-corrected chi connectivity index (χ2v) is 5.31. The number of ether oxygens (including phenoxy) is 4. The second-order valence-electron chi connectivity index (χ2n) is 5.31. The Balaban J connectivity index is -0.0000000838. The number of aliphatic hydroxyl groups excluding tert-OH is 2. The predicted octanol–water partition coefficient (Wildman–Crippen LogP) is 5.96. The molecule has 0 amide bonds. The van der Waals surface area contributed by atoms with E-state index in [-0.39, 0.29) is 51.2 Å². The molecule has 0 aromatic heterocycles. The molecular weight excluding hydrogens is 408 g/mol. The lowest BCUT2D eigenvalue weighted by Crippen LogP contribution is -2.22. The SMILES string of the molecule is C.C.C.C.C.C.CO.COCC(O)COc1ccccc1.c1ccc(OCC2CO2)cc1. The van der Waals surface area contributed by atoms with Crippen LogP contribution in [0, 0.1) is 0 Å². The van der Waals surface area contributed by atoms with Crippen LogP contribution >= 0.6 is 0 Å². The lowest BCUT2D eigenvalue weighted by molar-refractivity contribution is 0.0325. The van der Waals surface area contributed by atoms with Gasteiger partial charge in [0.2, 0.25) is 0 Å². The van der Waals surface area contributed by atoms with Crippen LogP contribution < -0.4 is 9.47 Å². The highest BCUT2D eigenvalue weighted by Gasteiger charge is 2.22. The Morgan fingerprint density at radius 3 is 1.56 bits per heavy atom. The zero-order chi connectivity index (χ0) is 19.0. The van der Waals surface area contributed by atoms with Gasteiger partial charge in [-0.2, -0.15) is 0 Å². The highest BCUT2D eigenvalue weighted by molar-refractivity contribution is 5.21. The summed E-state index contributed by atoms with van der Waals surface area (Å²) in [7, 11) is 2.55. The molecule has 0 aliphatic carbocycles. The molecule has 2 unspecified atom stereocenters. The van der Waals surface area contributed by atoms with Crippen molar-refractivity contribution in [1.82, 2.24) is 0 Å². The van der Waals surface area contributed by atoms with Gasteiger partial charge >= 0.3 is 0 Å². The third-order valence-corrected chi connectivity index (χ3v) is 3.13. The maximum Gasteiger partial charge on any atom is 0.119 e. The normalized spacial score (nSPS) is 12.6. The molecule has 0 saturated carbocycles. The maximum atomic E-state index is 9.26. The Kier molecular flexibility index (Phi) is 39.4. The number of hydrogen-bond donors (Lipinski definition) is 2. The Morgan fingerprint density at radius 1 is 0.781 bits per heavy atom. The number of benzene rings is 2. The summed E-state index contributed by atoms with van der Waals surface area (Å²) in [6.07, 6.45) is -0.222. The van der Waals surface area contributed by atoms with Crippen molar-refractivity contribution in [1.29, 1.82) is 0 Å². The maximum absolute atomic E-state index is 9.26. The molecule has 1 heterocycles. The summed E-state index contributed by atoms with van der Waals surface area (Å²) < 4.78 is 20.5. The van der Waals surface area contributed by atoms with Gasteiger partial charge in [0.05, 0.1) is 13.2 Å². The molecule has 2 aromatic rings. The van der Waals surface area contributed by atoms with Crippen molar-refractivity contribution in [2.45, 2.75) is 56.8 Å². The van der Waals surface area contributed by atoms with Crippen LogP contribution in [0.3, 0.4) is 0 Å². The Labute approximate surface area is 199 Å². The first kappa shape index (κ1) is 43.7. The van der Waals surface area contributed by atoms with Crippen LogP contribution in [0.4, 0.5) is 0 Å². The molecule has 6 nitrogen and oxygen atoms in total. The van der Waals surface area contributed by atoms with Crippen LogP contribution in [0.1, 0.15) is 44.6 Å². The van der Waals surface area contributed by atoms with E-state index < -0.39 is 6.10 Å². The number of hydrogen-bond acceptors (Lipinski definition) is 6. The summed E-state index contributed by atoms with van der Waals surface area (Å²) >= 11 is 0. The molecule has 192 valence electrons. The van der Waals surface area contributed by atoms with Gasteiger partial charge in [0.1, 0.15) is 36.9 Å². The van der Waals surface area contributed by atoms with Gasteiger partial charge in [-0.3, -0.25) is 0 Å². The zero-order valence-corrected chi connectivity index (χ0v) is 15.3. The molecule has 6 heteroatoms. The minimum atomic E-state index is -0.565. The first-order valence-corrected chi connectivity index (χ1v) is 8.37. The number of aliphatic hydroxyl groups is 2. The molecule has 32 heavy (non-hydrogen) atoms. The van der Waals surface area contributed by atoms with Crippen LogP contribution in [-0.2, 0) is 9.47 Å². The Bertz CT molecular complexity index is 547. The summed E-state index contributed by atoms with van der Waals surface area (Å²) in [5, 5.41) is 16.3. The van der Waals surface area contributed by atoms with Crippen LogP contribution in [-0.4, -0.2) is 63.1 Å². The quantitative estimate of drug-likeness (QED) is 0.473. The van der Waals surface area contributed by atoms with Gasteiger partial charge in [-0.05, 0) is 24.3 Å². The molecule has 1 aliphatic heterocycles. The van der Waals surface area contributed by atoms with Gasteiger partial charge in [0.15, 0.2) is 0 Å². The molecule has 1 fully saturated rings. The highest BCUT2D eigenvalue weighted by Crippen LogP contribution is 2.13. The summed E-state index contributed by atoms with van der Waals surface area (Å²) in [5.74, 6) is 1.68. The fourth-order valence-electron chi connectivity index (χ4n) is 1.82. The fraction of sp³-hybridized carbons (Fsp3) is 0.538. The molecule has 0 radical (unpaired) electrons. The number of methoxy groups -OCH3 is 1. The van der Waals surface area contributed by atoms with E-state index in [9.17, 15) is 5.11 Å². The van der Waals surface area contributed by atoms with Crippen LogP contribution in [0.25, 0.3) is 0 Å². The number of para-hydroxylation sites is 2. The molecule has 0 bridgehead atoms. The van der Waals surface area contributed by atoms with Crippen molar-refractivity contribution in [3.8, 4) is 11.5 Å².